The molecule has 2 nitrogen and oxygen atoms in total. The molecule has 0 spiro atoms. The molecule has 1 aliphatic rings. The van der Waals surface area contributed by atoms with Gasteiger partial charge in [0.2, 0.25) is 0 Å². The lowest BCUT2D eigenvalue weighted by Crippen LogP contribution is -2.15. The minimum atomic E-state index is 1.00. The number of aryl methyl sites for hydroxylation is 4. The van der Waals surface area contributed by atoms with Gasteiger partial charge < -0.3 is 9.80 Å². The number of rotatable bonds is 11. The quantitative estimate of drug-likeness (QED) is 0.0734. The maximum atomic E-state index is 2.54. The lowest BCUT2D eigenvalue weighted by atomic mass is 9.86. The third kappa shape index (κ3) is 7.61. The summed E-state index contributed by atoms with van der Waals surface area (Å²) in [5.41, 5.74) is 15.0. The van der Waals surface area contributed by atoms with Gasteiger partial charge in [-0.2, -0.15) is 0 Å². The number of anilines is 6. The molecule has 0 atom stereocenters. The standard InChI is InChI=1S/C58H48N2/c1-5-17-43(18-6-1)29-31-45-33-37-51(38-34-45)59(49-23-9-3-10-24-49)57-53-27-15-16-28-54(53)58(56-42-48-22-14-13-21-47(48)41-55(56)57)60(50-25-11-4-12-26-50)52-39-35-46(36-40-52)32-30-44-19-7-2-8-20-44/h1-12,15-20,23-29,31,33-42H,13-14,21-22,30,32H2/b31-29+. The highest BCUT2D eigenvalue weighted by Crippen LogP contribution is 2.52. The number of fused-ring (bicyclic) bond motifs is 3. The first kappa shape index (κ1) is 37.1. The first-order chi connectivity index (χ1) is 29.8. The van der Waals surface area contributed by atoms with E-state index in [1.54, 1.807) is 0 Å². The van der Waals surface area contributed by atoms with E-state index in [1.807, 2.05) is 0 Å². The van der Waals surface area contributed by atoms with E-state index in [9.17, 15) is 0 Å². The van der Waals surface area contributed by atoms with E-state index in [2.05, 4.69) is 228 Å². The highest BCUT2D eigenvalue weighted by atomic mass is 15.2. The van der Waals surface area contributed by atoms with E-state index < -0.39 is 0 Å². The van der Waals surface area contributed by atoms with E-state index in [1.165, 1.54) is 79.1 Å². The normalized spacial score (nSPS) is 12.5. The van der Waals surface area contributed by atoms with Crippen molar-refractivity contribution in [3.8, 4) is 0 Å². The predicted octanol–water partition coefficient (Wildman–Crippen LogP) is 15.8. The van der Waals surface area contributed by atoms with Gasteiger partial charge in [0.25, 0.3) is 0 Å². The monoisotopic (exact) mass is 772 g/mol. The largest absolute Gasteiger partial charge is 0.309 e. The molecule has 0 heterocycles. The smallest absolute Gasteiger partial charge is 0.0620 e. The molecular formula is C58H48N2. The van der Waals surface area contributed by atoms with E-state index in [0.29, 0.717) is 0 Å². The SMILES string of the molecule is C(=C\c1ccc(N(c2ccccc2)c2c3ccccc3c(N(c3ccccc3)c3ccc(CCc4ccccc4)cc3)c3cc4c(cc23)CCCC4)cc1)/c1ccccc1. The molecule has 0 aromatic heterocycles. The van der Waals surface area contributed by atoms with Crippen molar-refractivity contribution in [1.29, 1.82) is 0 Å². The second-order valence-electron chi connectivity index (χ2n) is 15.9. The Morgan fingerprint density at radius 1 is 0.333 bits per heavy atom. The Bertz CT molecular complexity index is 2880. The summed E-state index contributed by atoms with van der Waals surface area (Å²) >= 11 is 0. The molecule has 0 N–H and O–H groups in total. The molecule has 2 heteroatoms. The first-order valence-electron chi connectivity index (χ1n) is 21.4. The third-order valence-corrected chi connectivity index (χ3v) is 12.1. The zero-order chi connectivity index (χ0) is 40.1. The summed E-state index contributed by atoms with van der Waals surface area (Å²) in [5, 5.41) is 4.97. The molecule has 0 radical (unpaired) electrons. The number of hydrogen-bond acceptors (Lipinski definition) is 2. The molecule has 0 amide bonds. The Morgan fingerprint density at radius 3 is 1.18 bits per heavy atom. The fourth-order valence-electron chi connectivity index (χ4n) is 9.05. The van der Waals surface area contributed by atoms with Gasteiger partial charge in [-0.3, -0.25) is 0 Å². The molecule has 0 bridgehead atoms. The topological polar surface area (TPSA) is 6.48 Å². The van der Waals surface area contributed by atoms with Crippen LogP contribution >= 0.6 is 0 Å². The average molecular weight is 773 g/mol. The van der Waals surface area contributed by atoms with Crippen LogP contribution < -0.4 is 9.80 Å². The lowest BCUT2D eigenvalue weighted by molar-refractivity contribution is 0.687. The summed E-state index contributed by atoms with van der Waals surface area (Å²) in [6.07, 6.45) is 11.1. The van der Waals surface area contributed by atoms with Crippen LogP contribution in [0.25, 0.3) is 33.7 Å². The molecule has 1 aliphatic carbocycles. The van der Waals surface area contributed by atoms with Crippen molar-refractivity contribution < 1.29 is 0 Å². The van der Waals surface area contributed by atoms with Crippen molar-refractivity contribution in [3.05, 3.63) is 240 Å². The summed E-state index contributed by atoms with van der Waals surface area (Å²) < 4.78 is 0. The average Bonchev–Trinajstić information content (AvgIpc) is 3.32. The van der Waals surface area contributed by atoms with E-state index in [-0.39, 0.29) is 0 Å². The van der Waals surface area contributed by atoms with Gasteiger partial charge in [0.15, 0.2) is 0 Å². The van der Waals surface area contributed by atoms with Crippen molar-refractivity contribution in [2.24, 2.45) is 0 Å². The molecule has 0 aliphatic heterocycles. The van der Waals surface area contributed by atoms with Crippen LogP contribution in [0.1, 0.15) is 46.2 Å². The fourth-order valence-corrected chi connectivity index (χ4v) is 9.05. The molecule has 10 rings (SSSR count). The van der Waals surface area contributed by atoms with Crippen molar-refractivity contribution in [2.45, 2.75) is 38.5 Å². The molecule has 9 aromatic rings. The van der Waals surface area contributed by atoms with Crippen LogP contribution in [0.2, 0.25) is 0 Å². The maximum absolute atomic E-state index is 2.54. The number of para-hydroxylation sites is 2. The minimum absolute atomic E-state index is 1.00. The van der Waals surface area contributed by atoms with Crippen LogP contribution in [-0.2, 0) is 25.7 Å². The number of hydrogen-bond donors (Lipinski definition) is 0. The number of benzene rings is 9. The van der Waals surface area contributed by atoms with Crippen LogP contribution in [-0.4, -0.2) is 0 Å². The summed E-state index contributed by atoms with van der Waals surface area (Å²) in [6.45, 7) is 0. The van der Waals surface area contributed by atoms with E-state index >= 15 is 0 Å². The Hall–Kier alpha value is -7.16. The summed E-state index contributed by atoms with van der Waals surface area (Å²) in [7, 11) is 0. The van der Waals surface area contributed by atoms with Gasteiger partial charge >= 0.3 is 0 Å². The summed E-state index contributed by atoms with van der Waals surface area (Å²) in [6, 6.07) is 75.6. The highest BCUT2D eigenvalue weighted by Gasteiger charge is 2.27. The van der Waals surface area contributed by atoms with Crippen LogP contribution in [0.15, 0.2) is 206 Å². The van der Waals surface area contributed by atoms with Crippen LogP contribution in [0.5, 0.6) is 0 Å². The van der Waals surface area contributed by atoms with Crippen molar-refractivity contribution >= 4 is 67.8 Å². The molecule has 9 aromatic carbocycles. The van der Waals surface area contributed by atoms with Gasteiger partial charge in [-0.15, -0.1) is 0 Å². The summed E-state index contributed by atoms with van der Waals surface area (Å²) in [5.74, 6) is 0. The van der Waals surface area contributed by atoms with Gasteiger partial charge in [-0.25, -0.2) is 0 Å². The first-order valence-corrected chi connectivity index (χ1v) is 21.4. The Morgan fingerprint density at radius 2 is 0.700 bits per heavy atom. The molecule has 0 saturated carbocycles. The van der Waals surface area contributed by atoms with Crippen molar-refractivity contribution in [3.63, 3.8) is 0 Å². The van der Waals surface area contributed by atoms with Gasteiger partial charge in [-0.1, -0.05) is 158 Å². The molecule has 0 unspecified atom stereocenters. The predicted molar refractivity (Wildman–Crippen MR) is 257 cm³/mol. The van der Waals surface area contributed by atoms with Crippen LogP contribution in [0, 0.1) is 0 Å². The molecule has 0 fully saturated rings. The van der Waals surface area contributed by atoms with Gasteiger partial charge in [0.1, 0.15) is 0 Å². The van der Waals surface area contributed by atoms with Crippen LogP contribution in [0.3, 0.4) is 0 Å². The lowest BCUT2D eigenvalue weighted by Gasteiger charge is -2.33. The highest BCUT2D eigenvalue weighted by molar-refractivity contribution is 6.23. The second-order valence-corrected chi connectivity index (χ2v) is 15.9. The molecule has 0 saturated heterocycles. The molecule has 290 valence electrons. The Kier molecular flexibility index (Phi) is 10.5. The van der Waals surface area contributed by atoms with Gasteiger partial charge in [0.05, 0.1) is 11.4 Å². The molecule has 60 heavy (non-hydrogen) atoms. The zero-order valence-electron chi connectivity index (χ0n) is 33.9. The Labute approximate surface area is 354 Å². The number of nitrogens with zero attached hydrogens (tertiary/aromatic N) is 2. The minimum Gasteiger partial charge on any atom is -0.309 e. The Balaban J connectivity index is 1.18. The van der Waals surface area contributed by atoms with Crippen molar-refractivity contribution in [1.82, 2.24) is 0 Å². The maximum Gasteiger partial charge on any atom is 0.0620 e. The third-order valence-electron chi connectivity index (χ3n) is 12.1. The van der Waals surface area contributed by atoms with Gasteiger partial charge in [-0.05, 0) is 133 Å². The van der Waals surface area contributed by atoms with Crippen LogP contribution in [0.4, 0.5) is 34.1 Å². The molecular weight excluding hydrogens is 725 g/mol. The van der Waals surface area contributed by atoms with E-state index in [0.717, 1.165) is 48.4 Å². The van der Waals surface area contributed by atoms with Crippen molar-refractivity contribution in [2.75, 3.05) is 9.80 Å². The fraction of sp³-hybridized carbons (Fsp3) is 0.103. The van der Waals surface area contributed by atoms with E-state index in [4.69, 9.17) is 0 Å². The summed E-state index contributed by atoms with van der Waals surface area (Å²) in [4.78, 5) is 4.99. The zero-order valence-corrected chi connectivity index (χ0v) is 33.9. The second kappa shape index (κ2) is 17.0. The van der Waals surface area contributed by atoms with Gasteiger partial charge in [0, 0.05) is 44.3 Å².